The van der Waals surface area contributed by atoms with Crippen molar-refractivity contribution in [3.8, 4) is 0 Å². The highest BCUT2D eigenvalue weighted by Gasteiger charge is 2.30. The molecule has 0 bridgehead atoms. The lowest BCUT2D eigenvalue weighted by Crippen LogP contribution is -2.16. The van der Waals surface area contributed by atoms with Gasteiger partial charge in [0.15, 0.2) is 0 Å². The fraction of sp³-hybridized carbons (Fsp3) is 0.200. The van der Waals surface area contributed by atoms with Crippen LogP contribution in [0.1, 0.15) is 11.1 Å². The number of benzene rings is 1. The number of halogens is 4. The fourth-order valence-electron chi connectivity index (χ4n) is 1.98. The van der Waals surface area contributed by atoms with E-state index in [1.165, 1.54) is 25.5 Å². The third kappa shape index (κ3) is 3.61. The highest BCUT2D eigenvalue weighted by molar-refractivity contribution is 6.31. The van der Waals surface area contributed by atoms with Gasteiger partial charge in [0.2, 0.25) is 0 Å². The molecule has 1 aliphatic rings. The van der Waals surface area contributed by atoms with Gasteiger partial charge in [-0.15, -0.1) is 0 Å². The lowest BCUT2D eigenvalue weighted by molar-refractivity contribution is -0.137. The number of hydrogen-bond donors (Lipinski definition) is 1. The molecule has 0 spiro atoms. The summed E-state index contributed by atoms with van der Waals surface area (Å²) in [7, 11) is 1.50. The summed E-state index contributed by atoms with van der Waals surface area (Å²) in [5.74, 6) is 0. The number of nitrogens with one attached hydrogen (secondary N) is 1. The number of rotatable bonds is 3. The first-order valence-electron chi connectivity index (χ1n) is 6.14. The van der Waals surface area contributed by atoms with Crippen LogP contribution in [-0.4, -0.2) is 13.7 Å². The number of hydrogen-bond acceptors (Lipinski definition) is 2. The molecule has 2 nitrogen and oxygen atoms in total. The van der Waals surface area contributed by atoms with Crippen LogP contribution in [0.5, 0.6) is 0 Å². The van der Waals surface area contributed by atoms with Crippen LogP contribution in [-0.2, 0) is 10.9 Å². The molecule has 2 rings (SSSR count). The Morgan fingerprint density at radius 2 is 1.90 bits per heavy atom. The number of dihydropyridines is 1. The average molecular weight is 316 g/mol. The maximum Gasteiger partial charge on any atom is 0.416 e. The summed E-state index contributed by atoms with van der Waals surface area (Å²) >= 11 is 6.11. The van der Waals surface area contributed by atoms with Crippen LogP contribution in [0.3, 0.4) is 0 Å². The Labute approximate surface area is 125 Å². The van der Waals surface area contributed by atoms with Crippen LogP contribution >= 0.6 is 11.6 Å². The van der Waals surface area contributed by atoms with Gasteiger partial charge in [0.25, 0.3) is 0 Å². The normalized spacial score (nSPS) is 16.0. The molecule has 0 unspecified atom stereocenters. The summed E-state index contributed by atoms with van der Waals surface area (Å²) in [4.78, 5) is 0. The third-order valence-corrected chi connectivity index (χ3v) is 3.32. The molecule has 1 aromatic carbocycles. The van der Waals surface area contributed by atoms with Crippen LogP contribution in [0.15, 0.2) is 53.4 Å². The molecule has 0 amide bonds. The largest absolute Gasteiger partial charge is 0.504 e. The predicted molar refractivity (Wildman–Crippen MR) is 76.5 cm³/mol. The van der Waals surface area contributed by atoms with Crippen molar-refractivity contribution in [3.63, 3.8) is 0 Å². The van der Waals surface area contributed by atoms with Gasteiger partial charge in [0.1, 0.15) is 5.16 Å². The summed E-state index contributed by atoms with van der Waals surface area (Å²) in [5, 5.41) is 3.39. The molecule has 1 aromatic rings. The molecule has 0 aliphatic carbocycles. The van der Waals surface area contributed by atoms with Crippen molar-refractivity contribution >= 4 is 17.2 Å². The van der Waals surface area contributed by atoms with Crippen molar-refractivity contribution in [2.24, 2.45) is 0 Å². The first-order chi connectivity index (χ1) is 9.93. The summed E-state index contributed by atoms with van der Waals surface area (Å²) in [6.07, 6.45) is 0.651. The fourth-order valence-corrected chi connectivity index (χ4v) is 2.22. The Hall–Kier alpha value is -1.88. The molecule has 0 saturated carbocycles. The van der Waals surface area contributed by atoms with Crippen molar-refractivity contribution in [2.45, 2.75) is 6.18 Å². The van der Waals surface area contributed by atoms with E-state index in [2.05, 4.69) is 5.32 Å². The molecule has 1 heterocycles. The van der Waals surface area contributed by atoms with Crippen molar-refractivity contribution in [2.75, 3.05) is 13.7 Å². The van der Waals surface area contributed by atoms with Crippen molar-refractivity contribution in [3.05, 3.63) is 64.5 Å². The van der Waals surface area contributed by atoms with Gasteiger partial charge in [0.05, 0.1) is 18.9 Å². The molecule has 112 valence electrons. The van der Waals surface area contributed by atoms with Gasteiger partial charge in [-0.05, 0) is 29.3 Å². The smallest absolute Gasteiger partial charge is 0.416 e. The Morgan fingerprint density at radius 3 is 2.48 bits per heavy atom. The van der Waals surface area contributed by atoms with Crippen LogP contribution < -0.4 is 5.32 Å². The van der Waals surface area contributed by atoms with Crippen LogP contribution in [0.4, 0.5) is 13.2 Å². The molecule has 0 aromatic heterocycles. The van der Waals surface area contributed by atoms with Gasteiger partial charge >= 0.3 is 6.18 Å². The second-order valence-corrected chi connectivity index (χ2v) is 4.72. The van der Waals surface area contributed by atoms with Gasteiger partial charge in [-0.3, -0.25) is 0 Å². The molecule has 0 atom stereocenters. The zero-order valence-electron chi connectivity index (χ0n) is 11.2. The van der Waals surface area contributed by atoms with Gasteiger partial charge < -0.3 is 10.1 Å². The van der Waals surface area contributed by atoms with E-state index in [0.29, 0.717) is 22.8 Å². The summed E-state index contributed by atoms with van der Waals surface area (Å²) in [5.41, 5.74) is 1.42. The van der Waals surface area contributed by atoms with Crippen molar-refractivity contribution in [1.29, 1.82) is 0 Å². The number of allylic oxidation sites excluding steroid dienone is 3. The summed E-state index contributed by atoms with van der Waals surface area (Å²) in [6.45, 7) is 0.513. The molecule has 1 aliphatic heterocycles. The first-order valence-corrected chi connectivity index (χ1v) is 6.52. The molecule has 6 heteroatoms. The average Bonchev–Trinajstić information content (AvgIpc) is 2.45. The molecular weight excluding hydrogens is 303 g/mol. The molecule has 0 saturated heterocycles. The van der Waals surface area contributed by atoms with Crippen molar-refractivity contribution < 1.29 is 17.9 Å². The van der Waals surface area contributed by atoms with E-state index in [4.69, 9.17) is 16.3 Å². The number of ether oxygens (including phenoxy) is 1. The highest BCUT2D eigenvalue weighted by Crippen LogP contribution is 2.33. The van der Waals surface area contributed by atoms with E-state index < -0.39 is 11.7 Å². The van der Waals surface area contributed by atoms with Gasteiger partial charge in [-0.2, -0.15) is 13.2 Å². The minimum absolute atomic E-state index is 0.431. The van der Waals surface area contributed by atoms with E-state index in [0.717, 1.165) is 17.7 Å². The zero-order chi connectivity index (χ0) is 15.5. The topological polar surface area (TPSA) is 21.3 Å². The number of methoxy groups -OCH3 is 1. The number of alkyl halides is 3. The SMILES string of the molecule is CO/C=C/C1=C(Cl)NCC=C1c1ccc(C(F)(F)F)cc1. The monoisotopic (exact) mass is 315 g/mol. The first kappa shape index (κ1) is 15.5. The Balaban J connectivity index is 2.36. The molecular formula is C15H13ClF3NO. The van der Waals surface area contributed by atoms with E-state index in [-0.39, 0.29) is 0 Å². The maximum atomic E-state index is 12.6. The molecule has 1 N–H and O–H groups in total. The standard InChI is InChI=1S/C15H13ClF3NO/c1-21-9-7-13-12(6-8-20-14(13)16)10-2-4-11(5-3-10)15(17,18)19/h2-7,9,20H,8H2,1H3/b9-7+. The van der Waals surface area contributed by atoms with Crippen LogP contribution in [0.25, 0.3) is 5.57 Å². The molecule has 0 fully saturated rings. The third-order valence-electron chi connectivity index (χ3n) is 2.98. The van der Waals surface area contributed by atoms with E-state index in [1.807, 2.05) is 6.08 Å². The molecule has 21 heavy (non-hydrogen) atoms. The van der Waals surface area contributed by atoms with Gasteiger partial charge in [-0.1, -0.05) is 29.8 Å². The van der Waals surface area contributed by atoms with Gasteiger partial charge in [0, 0.05) is 12.1 Å². The Kier molecular flexibility index (Phi) is 4.63. The molecule has 0 radical (unpaired) electrons. The second kappa shape index (κ2) is 6.26. The summed E-state index contributed by atoms with van der Waals surface area (Å²) in [6, 6.07) is 4.99. The summed E-state index contributed by atoms with van der Waals surface area (Å²) < 4.78 is 42.6. The quantitative estimate of drug-likeness (QED) is 0.663. The van der Waals surface area contributed by atoms with E-state index in [9.17, 15) is 13.2 Å². The lowest BCUT2D eigenvalue weighted by atomic mass is 9.95. The van der Waals surface area contributed by atoms with E-state index in [1.54, 1.807) is 6.08 Å². The zero-order valence-corrected chi connectivity index (χ0v) is 11.9. The Morgan fingerprint density at radius 1 is 1.24 bits per heavy atom. The minimum atomic E-state index is -4.34. The lowest BCUT2D eigenvalue weighted by Gasteiger charge is -2.18. The minimum Gasteiger partial charge on any atom is -0.504 e. The van der Waals surface area contributed by atoms with E-state index >= 15 is 0 Å². The maximum absolute atomic E-state index is 12.6. The van der Waals surface area contributed by atoms with Crippen LogP contribution in [0, 0.1) is 0 Å². The van der Waals surface area contributed by atoms with Gasteiger partial charge in [-0.25, -0.2) is 0 Å². The predicted octanol–water partition coefficient (Wildman–Crippen LogP) is 4.30. The highest BCUT2D eigenvalue weighted by atomic mass is 35.5. The van der Waals surface area contributed by atoms with Crippen LogP contribution in [0.2, 0.25) is 0 Å². The van der Waals surface area contributed by atoms with Crippen molar-refractivity contribution in [1.82, 2.24) is 5.32 Å². The Bertz CT molecular complexity index is 600. The second-order valence-electron chi connectivity index (χ2n) is 4.34.